The van der Waals surface area contributed by atoms with Gasteiger partial charge in [0.1, 0.15) is 5.69 Å². The van der Waals surface area contributed by atoms with Gasteiger partial charge in [-0.25, -0.2) is 4.98 Å². The number of nitrogens with one attached hydrogen (secondary N) is 1. The Morgan fingerprint density at radius 3 is 2.56 bits per heavy atom. The Kier molecular flexibility index (Phi) is 3.84. The van der Waals surface area contributed by atoms with Gasteiger partial charge in [-0.1, -0.05) is 13.8 Å². The second-order valence-corrected chi connectivity index (χ2v) is 5.13. The number of amides is 1. The molecule has 4 nitrogen and oxygen atoms in total. The van der Waals surface area contributed by atoms with Crippen LogP contribution in [0.4, 0.5) is 5.69 Å². The van der Waals surface area contributed by atoms with Crippen molar-refractivity contribution in [2.24, 2.45) is 11.8 Å². The molecule has 1 N–H and O–H groups in total. The van der Waals surface area contributed by atoms with Gasteiger partial charge < -0.3 is 10.2 Å². The zero-order valence-corrected chi connectivity index (χ0v) is 11.3. The summed E-state index contributed by atoms with van der Waals surface area (Å²) in [7, 11) is 0. The summed E-state index contributed by atoms with van der Waals surface area (Å²) in [5, 5.41) is 3.17. The van der Waals surface area contributed by atoms with E-state index in [0.29, 0.717) is 17.5 Å². The van der Waals surface area contributed by atoms with E-state index in [9.17, 15) is 4.79 Å². The van der Waals surface area contributed by atoms with Crippen LogP contribution in [-0.4, -0.2) is 35.4 Å². The van der Waals surface area contributed by atoms with Crippen molar-refractivity contribution >= 4 is 11.6 Å². The molecule has 98 valence electrons. The predicted molar refractivity (Wildman–Crippen MR) is 72.6 cm³/mol. The number of nitrogens with zero attached hydrogens (tertiary/aromatic N) is 2. The third kappa shape index (κ3) is 2.63. The van der Waals surface area contributed by atoms with E-state index in [-0.39, 0.29) is 5.91 Å². The first-order valence-corrected chi connectivity index (χ1v) is 6.61. The number of aromatic nitrogens is 1. The van der Waals surface area contributed by atoms with Gasteiger partial charge in [0.15, 0.2) is 0 Å². The average Bonchev–Trinajstić information content (AvgIpc) is 2.70. The topological polar surface area (TPSA) is 45.2 Å². The van der Waals surface area contributed by atoms with Crippen LogP contribution in [0.5, 0.6) is 0 Å². The molecule has 0 bridgehead atoms. The number of carbonyl (C=O) groups excluding carboxylic acids is 1. The maximum Gasteiger partial charge on any atom is 0.272 e. The predicted octanol–water partition coefficient (Wildman–Crippen LogP) is 2.24. The number of rotatable bonds is 3. The van der Waals surface area contributed by atoms with Gasteiger partial charge in [0.05, 0.1) is 11.9 Å². The van der Waals surface area contributed by atoms with Gasteiger partial charge in [-0.2, -0.15) is 0 Å². The van der Waals surface area contributed by atoms with Crippen molar-refractivity contribution in [2.45, 2.75) is 20.8 Å². The molecule has 1 aliphatic heterocycles. The summed E-state index contributed by atoms with van der Waals surface area (Å²) in [5.74, 6) is 1.21. The Hall–Kier alpha value is -1.58. The Morgan fingerprint density at radius 2 is 2.06 bits per heavy atom. The second-order valence-electron chi connectivity index (χ2n) is 5.13. The quantitative estimate of drug-likeness (QED) is 0.891. The molecule has 0 saturated carbocycles. The molecule has 2 atom stereocenters. The van der Waals surface area contributed by atoms with E-state index in [2.05, 4.69) is 24.1 Å². The molecule has 2 unspecified atom stereocenters. The van der Waals surface area contributed by atoms with Gasteiger partial charge in [0.25, 0.3) is 5.91 Å². The van der Waals surface area contributed by atoms with Crippen molar-refractivity contribution in [3.8, 4) is 0 Å². The number of likely N-dealkylation sites (tertiary alicyclic amines) is 1. The second kappa shape index (κ2) is 5.38. The molecule has 1 saturated heterocycles. The van der Waals surface area contributed by atoms with Crippen LogP contribution in [0.1, 0.15) is 31.3 Å². The Morgan fingerprint density at radius 1 is 1.39 bits per heavy atom. The monoisotopic (exact) mass is 247 g/mol. The van der Waals surface area contributed by atoms with Gasteiger partial charge in [-0.3, -0.25) is 4.79 Å². The van der Waals surface area contributed by atoms with Crippen LogP contribution >= 0.6 is 0 Å². The summed E-state index contributed by atoms with van der Waals surface area (Å²) in [6.07, 6.45) is 1.72. The number of pyridine rings is 1. The first kappa shape index (κ1) is 12.9. The van der Waals surface area contributed by atoms with Crippen molar-refractivity contribution in [1.82, 2.24) is 9.88 Å². The van der Waals surface area contributed by atoms with E-state index in [0.717, 1.165) is 25.3 Å². The maximum atomic E-state index is 12.3. The Balaban J connectivity index is 2.05. The lowest BCUT2D eigenvalue weighted by molar-refractivity contribution is 0.0779. The molecule has 2 rings (SSSR count). The third-order valence-corrected chi connectivity index (χ3v) is 3.64. The lowest BCUT2D eigenvalue weighted by atomic mass is 10.0. The zero-order valence-electron chi connectivity index (χ0n) is 11.3. The van der Waals surface area contributed by atoms with E-state index in [4.69, 9.17) is 0 Å². The highest BCUT2D eigenvalue weighted by molar-refractivity contribution is 5.92. The van der Waals surface area contributed by atoms with Crippen LogP contribution < -0.4 is 5.32 Å². The van der Waals surface area contributed by atoms with Gasteiger partial charge in [0.2, 0.25) is 0 Å². The van der Waals surface area contributed by atoms with Gasteiger partial charge in [-0.15, -0.1) is 0 Å². The van der Waals surface area contributed by atoms with E-state index >= 15 is 0 Å². The summed E-state index contributed by atoms with van der Waals surface area (Å²) in [5.41, 5.74) is 1.50. The number of hydrogen-bond acceptors (Lipinski definition) is 3. The lowest BCUT2D eigenvalue weighted by Gasteiger charge is -2.15. The molecule has 0 spiro atoms. The van der Waals surface area contributed by atoms with Crippen molar-refractivity contribution in [1.29, 1.82) is 0 Å². The van der Waals surface area contributed by atoms with E-state index in [1.54, 1.807) is 12.3 Å². The zero-order chi connectivity index (χ0) is 13.1. The maximum absolute atomic E-state index is 12.3. The highest BCUT2D eigenvalue weighted by Crippen LogP contribution is 2.23. The standard InChI is InChI=1S/C14H21N3O/c1-4-15-12-5-6-13(16-7-12)14(18)17-8-10(2)11(3)9-17/h5-7,10-11,15H,4,8-9H2,1-3H3. The van der Waals surface area contributed by atoms with E-state index in [1.807, 2.05) is 17.9 Å². The Bertz CT molecular complexity index is 406. The van der Waals surface area contributed by atoms with Crippen molar-refractivity contribution in [3.63, 3.8) is 0 Å². The van der Waals surface area contributed by atoms with Crippen LogP contribution in [-0.2, 0) is 0 Å². The third-order valence-electron chi connectivity index (χ3n) is 3.64. The van der Waals surface area contributed by atoms with Crippen LogP contribution in [0.15, 0.2) is 18.3 Å². The molecular weight excluding hydrogens is 226 g/mol. The fourth-order valence-electron chi connectivity index (χ4n) is 2.29. The number of carbonyl (C=O) groups is 1. The molecular formula is C14H21N3O. The van der Waals surface area contributed by atoms with E-state index in [1.165, 1.54) is 0 Å². The normalized spacial score (nSPS) is 23.2. The first-order chi connectivity index (χ1) is 8.61. The van der Waals surface area contributed by atoms with Gasteiger partial charge in [-0.05, 0) is 30.9 Å². The fraction of sp³-hybridized carbons (Fsp3) is 0.571. The van der Waals surface area contributed by atoms with Crippen LogP contribution in [0, 0.1) is 11.8 Å². The van der Waals surface area contributed by atoms with Crippen molar-refractivity contribution < 1.29 is 4.79 Å². The highest BCUT2D eigenvalue weighted by Gasteiger charge is 2.30. The molecule has 1 aliphatic rings. The first-order valence-electron chi connectivity index (χ1n) is 6.61. The number of hydrogen-bond donors (Lipinski definition) is 1. The molecule has 1 aromatic heterocycles. The fourth-order valence-corrected chi connectivity index (χ4v) is 2.29. The van der Waals surface area contributed by atoms with Crippen LogP contribution in [0.25, 0.3) is 0 Å². The molecule has 18 heavy (non-hydrogen) atoms. The highest BCUT2D eigenvalue weighted by atomic mass is 16.2. The molecule has 1 fully saturated rings. The summed E-state index contributed by atoms with van der Waals surface area (Å²) in [6, 6.07) is 3.71. The molecule has 1 aromatic rings. The minimum Gasteiger partial charge on any atom is -0.384 e. The largest absolute Gasteiger partial charge is 0.384 e. The summed E-state index contributed by atoms with van der Waals surface area (Å²) >= 11 is 0. The minimum atomic E-state index is 0.0502. The average molecular weight is 247 g/mol. The van der Waals surface area contributed by atoms with Crippen molar-refractivity contribution in [2.75, 3.05) is 25.0 Å². The molecule has 0 aromatic carbocycles. The smallest absolute Gasteiger partial charge is 0.272 e. The molecule has 1 amide bonds. The summed E-state index contributed by atoms with van der Waals surface area (Å²) in [4.78, 5) is 18.4. The van der Waals surface area contributed by atoms with E-state index < -0.39 is 0 Å². The molecule has 0 radical (unpaired) electrons. The summed E-state index contributed by atoms with van der Waals surface area (Å²) in [6.45, 7) is 8.97. The SMILES string of the molecule is CCNc1ccc(C(=O)N2CC(C)C(C)C2)nc1. The molecule has 0 aliphatic carbocycles. The number of anilines is 1. The molecule has 4 heteroatoms. The lowest BCUT2D eigenvalue weighted by Crippen LogP contribution is -2.29. The summed E-state index contributed by atoms with van der Waals surface area (Å²) < 4.78 is 0. The Labute approximate surface area is 108 Å². The van der Waals surface area contributed by atoms with Crippen LogP contribution in [0.3, 0.4) is 0 Å². The molecule has 2 heterocycles. The van der Waals surface area contributed by atoms with Gasteiger partial charge in [0, 0.05) is 19.6 Å². The van der Waals surface area contributed by atoms with Gasteiger partial charge >= 0.3 is 0 Å². The van der Waals surface area contributed by atoms with Crippen LogP contribution in [0.2, 0.25) is 0 Å². The minimum absolute atomic E-state index is 0.0502. The van der Waals surface area contributed by atoms with Crippen molar-refractivity contribution in [3.05, 3.63) is 24.0 Å².